The molecule has 3 aromatic rings. The first-order valence-electron chi connectivity index (χ1n) is 25.2. The molecule has 1 unspecified atom stereocenters. The molecule has 25 nitrogen and oxygen atoms in total. The average molecular weight is 1170 g/mol. The fourth-order valence-electron chi connectivity index (χ4n) is 8.66. The maximum atomic E-state index is 14.0. The fraction of sp³-hybridized carbons (Fsp3) is 0.471. The molecular formula is C51H71BrN14O11S. The molecule has 2 heterocycles. The molecule has 1 aliphatic rings. The van der Waals surface area contributed by atoms with E-state index in [1.54, 1.807) is 41.4 Å². The summed E-state index contributed by atoms with van der Waals surface area (Å²) in [6.45, 7) is 4.23. The Morgan fingerprint density at radius 2 is 1.26 bits per heavy atom. The highest BCUT2D eigenvalue weighted by Crippen LogP contribution is 2.18. The highest BCUT2D eigenvalue weighted by Gasteiger charge is 2.28. The summed E-state index contributed by atoms with van der Waals surface area (Å²) < 4.78 is 0.617. The van der Waals surface area contributed by atoms with Gasteiger partial charge in [0.15, 0.2) is 10.9 Å². The molecule has 27 heteroatoms. The summed E-state index contributed by atoms with van der Waals surface area (Å²) in [5.74, 6) is -5.35. The number of carbonyl (C=O) groups is 9. The van der Waals surface area contributed by atoms with E-state index in [1.165, 1.54) is 6.92 Å². The van der Waals surface area contributed by atoms with Crippen molar-refractivity contribution in [3.8, 4) is 0 Å². The lowest BCUT2D eigenvalue weighted by Crippen LogP contribution is -2.54. The van der Waals surface area contributed by atoms with Crippen LogP contribution in [0.25, 0.3) is 0 Å². The minimum Gasteiger partial charge on any atom is -0.481 e. The van der Waals surface area contributed by atoms with Gasteiger partial charge in [-0.15, -0.1) is 0 Å². The minimum atomic E-state index is -1.32. The number of hydrogen-bond acceptors (Lipinski definition) is 15. The van der Waals surface area contributed by atoms with Gasteiger partial charge in [0.1, 0.15) is 10.6 Å². The SMILES string of the molecule is CC(=O)[C@@H](CCC(=O)O)NC(=O)N[C@H](CCCCN(Cc1ccc(Br)nc1)C(=O)c1ccc(CNC(=S)Nc2ccc(CC3CN(CC(N)=O)CCN(CC(N)=O)CCN(CC(N)=O)CCN3CC(N)=O)cc2)cc1)C(=O)O. The van der Waals surface area contributed by atoms with Gasteiger partial charge >= 0.3 is 18.0 Å². The zero-order valence-corrected chi connectivity index (χ0v) is 46.0. The van der Waals surface area contributed by atoms with Gasteiger partial charge < -0.3 is 59.3 Å². The smallest absolute Gasteiger partial charge is 0.326 e. The summed E-state index contributed by atoms with van der Waals surface area (Å²) in [6.07, 6.45) is 2.24. The summed E-state index contributed by atoms with van der Waals surface area (Å²) >= 11 is 8.95. The largest absolute Gasteiger partial charge is 0.481 e. The molecule has 424 valence electrons. The summed E-state index contributed by atoms with van der Waals surface area (Å²) in [7, 11) is 0. The molecule has 4 rings (SSSR count). The Morgan fingerprint density at radius 3 is 1.81 bits per heavy atom. The summed E-state index contributed by atoms with van der Waals surface area (Å²) in [4.78, 5) is 124. The number of nitrogens with one attached hydrogen (secondary N) is 4. The molecule has 0 spiro atoms. The first-order chi connectivity index (χ1) is 37.0. The van der Waals surface area contributed by atoms with Gasteiger partial charge in [0.25, 0.3) is 5.91 Å². The number of pyridine rings is 1. The maximum absolute atomic E-state index is 14.0. The van der Waals surface area contributed by atoms with Crippen LogP contribution < -0.4 is 44.2 Å². The van der Waals surface area contributed by atoms with Crippen molar-refractivity contribution in [3.05, 3.63) is 93.7 Å². The number of urea groups is 1. The molecule has 0 bridgehead atoms. The van der Waals surface area contributed by atoms with Crippen LogP contribution >= 0.6 is 28.1 Å². The van der Waals surface area contributed by atoms with Gasteiger partial charge in [0.05, 0.1) is 32.2 Å². The van der Waals surface area contributed by atoms with Gasteiger partial charge in [-0.2, -0.15) is 0 Å². The highest BCUT2D eigenvalue weighted by atomic mass is 79.9. The van der Waals surface area contributed by atoms with Crippen molar-refractivity contribution in [3.63, 3.8) is 0 Å². The second-order valence-corrected chi connectivity index (χ2v) is 20.2. The number of aliphatic carboxylic acids is 2. The number of hydrogen-bond donors (Lipinski definition) is 10. The standard InChI is InChI=1S/C51H71BrN14O11S/c1-33(67)40(14-16-47(72)73)60-50(77)61-41(49(75)76)4-2-3-17-66(27-36-9-15-42(52)57-26-36)48(74)37-10-5-35(6-11-37)25-58-51(78)59-38-12-7-34(8-13-38)24-39-28-64(31-45(55)70)21-20-62(29-43(53)68)18-19-63(30-44(54)69)22-23-65(39)32-46(56)71/h5-13,15,26,39-41H,2-4,14,16-25,27-32H2,1H3,(H2,53,68)(H2,54,69)(H2,55,70)(H2,56,71)(H,72,73)(H,75,76)(H2,58,59,78)(H2,60,61,77)/t39?,40-,41-/m1/s1. The third-order valence-electron chi connectivity index (χ3n) is 12.7. The molecule has 78 heavy (non-hydrogen) atoms. The number of benzene rings is 2. The normalized spacial score (nSPS) is 15.7. The van der Waals surface area contributed by atoms with Gasteiger partial charge in [-0.3, -0.25) is 53.2 Å². The molecule has 14 N–H and O–H groups in total. The Morgan fingerprint density at radius 1 is 0.705 bits per heavy atom. The summed E-state index contributed by atoms with van der Waals surface area (Å²) in [5.41, 5.74) is 26.1. The van der Waals surface area contributed by atoms with Crippen LogP contribution in [0.2, 0.25) is 0 Å². The van der Waals surface area contributed by atoms with Crippen molar-refractivity contribution in [1.82, 2.24) is 45.4 Å². The predicted molar refractivity (Wildman–Crippen MR) is 296 cm³/mol. The highest BCUT2D eigenvalue weighted by molar-refractivity contribution is 9.10. The Labute approximate surface area is 466 Å². The van der Waals surface area contributed by atoms with Crippen molar-refractivity contribution in [2.75, 3.05) is 83.9 Å². The number of carboxylic acids is 2. The molecule has 3 atom stereocenters. The van der Waals surface area contributed by atoms with Crippen molar-refractivity contribution in [2.45, 2.75) is 76.7 Å². The Kier molecular flexibility index (Phi) is 26.4. The number of carbonyl (C=O) groups excluding carboxylic acids is 7. The Balaban J connectivity index is 1.38. The number of amides is 7. The zero-order valence-electron chi connectivity index (χ0n) is 43.6. The van der Waals surface area contributed by atoms with Crippen LogP contribution in [-0.4, -0.2) is 195 Å². The number of primary amides is 4. The van der Waals surface area contributed by atoms with Crippen LogP contribution in [0.4, 0.5) is 10.5 Å². The molecular weight excluding hydrogens is 1100 g/mol. The predicted octanol–water partition coefficient (Wildman–Crippen LogP) is -0.208. The number of nitrogens with two attached hydrogens (primary N) is 4. The first kappa shape index (κ1) is 63.4. The fourth-order valence-corrected chi connectivity index (χ4v) is 9.08. The van der Waals surface area contributed by atoms with E-state index < -0.39 is 59.5 Å². The summed E-state index contributed by atoms with van der Waals surface area (Å²) in [5, 5.41) is 30.2. The first-order valence-corrected chi connectivity index (χ1v) is 26.4. The van der Waals surface area contributed by atoms with Crippen LogP contribution in [0.1, 0.15) is 66.1 Å². The number of unbranched alkanes of at least 4 members (excludes halogenated alkanes) is 1. The van der Waals surface area contributed by atoms with E-state index >= 15 is 0 Å². The lowest BCUT2D eigenvalue weighted by molar-refractivity contribution is -0.139. The maximum Gasteiger partial charge on any atom is 0.326 e. The quantitative estimate of drug-likeness (QED) is 0.0255. The van der Waals surface area contributed by atoms with E-state index in [9.17, 15) is 48.3 Å². The topological polar surface area (TPSA) is 375 Å². The van der Waals surface area contributed by atoms with Crippen molar-refractivity contribution < 1.29 is 53.4 Å². The lowest BCUT2D eigenvalue weighted by atomic mass is 10.0. The molecule has 2 aromatic carbocycles. The molecule has 0 saturated carbocycles. The van der Waals surface area contributed by atoms with Crippen molar-refractivity contribution in [2.24, 2.45) is 22.9 Å². The van der Waals surface area contributed by atoms with E-state index in [-0.39, 0.29) is 70.5 Å². The Hall–Kier alpha value is -7.17. The van der Waals surface area contributed by atoms with Gasteiger partial charge in [-0.25, -0.2) is 14.6 Å². The Bertz CT molecular complexity index is 2550. The van der Waals surface area contributed by atoms with Crippen molar-refractivity contribution in [1.29, 1.82) is 0 Å². The van der Waals surface area contributed by atoms with Gasteiger partial charge in [0, 0.05) is 95.4 Å². The van der Waals surface area contributed by atoms with Crippen LogP contribution in [0, 0.1) is 0 Å². The van der Waals surface area contributed by atoms with E-state index in [1.807, 2.05) is 49.9 Å². The zero-order chi connectivity index (χ0) is 57.3. The minimum absolute atomic E-state index is 0.0113. The molecule has 0 radical (unpaired) electrons. The second kappa shape index (κ2) is 32.5. The van der Waals surface area contributed by atoms with Gasteiger partial charge in [0.2, 0.25) is 23.6 Å². The molecule has 1 fully saturated rings. The number of anilines is 1. The number of nitrogens with zero attached hydrogens (tertiary/aromatic N) is 6. The number of aromatic nitrogens is 1. The van der Waals surface area contributed by atoms with E-state index in [2.05, 4.69) is 42.2 Å². The van der Waals surface area contributed by atoms with Gasteiger partial charge in [-0.1, -0.05) is 30.3 Å². The van der Waals surface area contributed by atoms with Crippen molar-refractivity contribution >= 4 is 92.2 Å². The van der Waals surface area contributed by atoms with Crippen LogP contribution in [0.3, 0.4) is 0 Å². The van der Waals surface area contributed by atoms with Crippen LogP contribution in [0.5, 0.6) is 0 Å². The third-order valence-corrected chi connectivity index (χ3v) is 13.4. The van der Waals surface area contributed by atoms with Crippen LogP contribution in [0.15, 0.2) is 71.5 Å². The second-order valence-electron chi connectivity index (χ2n) is 19.0. The molecule has 1 aliphatic heterocycles. The van der Waals surface area contributed by atoms with Gasteiger partial charge in [-0.05, 0) is 114 Å². The third kappa shape index (κ3) is 24.0. The summed E-state index contributed by atoms with van der Waals surface area (Å²) in [6, 6.07) is 14.4. The molecule has 7 amide bonds. The molecule has 1 saturated heterocycles. The van der Waals surface area contributed by atoms with E-state index in [0.29, 0.717) is 92.6 Å². The number of halogens is 1. The average Bonchev–Trinajstić information content (AvgIpc) is 3.37. The van der Waals surface area contributed by atoms with E-state index in [4.69, 9.17) is 40.3 Å². The number of rotatable bonds is 28. The lowest BCUT2D eigenvalue weighted by Gasteiger charge is -2.38. The number of ketones is 1. The number of Topliss-reactive ketones (excluding diaryl/α,β-unsaturated/α-hetero) is 1. The number of carboxylic acid groups (broad SMARTS) is 2. The monoisotopic (exact) mass is 1170 g/mol. The van der Waals surface area contributed by atoms with E-state index in [0.717, 1.165) is 16.7 Å². The molecule has 1 aromatic heterocycles. The number of thiocarbonyl (C=S) groups is 1. The molecule has 0 aliphatic carbocycles. The van der Waals surface area contributed by atoms with Crippen LogP contribution in [-0.2, 0) is 53.1 Å².